The van der Waals surface area contributed by atoms with Gasteiger partial charge in [-0.05, 0) is 19.8 Å². The summed E-state index contributed by atoms with van der Waals surface area (Å²) in [6, 6.07) is 10.2. The fraction of sp³-hybridized carbons (Fsp3) is 0.375. The van der Waals surface area contributed by atoms with Gasteiger partial charge in [-0.2, -0.15) is 0 Å². The Kier molecular flexibility index (Phi) is 5.44. The van der Waals surface area contributed by atoms with Gasteiger partial charge in [0.25, 0.3) is 0 Å². The van der Waals surface area contributed by atoms with Gasteiger partial charge < -0.3 is 5.73 Å². The van der Waals surface area contributed by atoms with E-state index in [4.69, 9.17) is 5.73 Å². The molecule has 0 saturated heterocycles. The van der Waals surface area contributed by atoms with Crippen molar-refractivity contribution in [3.05, 3.63) is 40.7 Å². The van der Waals surface area contributed by atoms with Crippen molar-refractivity contribution in [1.29, 1.82) is 0 Å². The van der Waals surface area contributed by atoms with Crippen LogP contribution in [0.1, 0.15) is 31.2 Å². The molecule has 0 fully saturated rings. The van der Waals surface area contributed by atoms with Crippen molar-refractivity contribution in [2.24, 2.45) is 5.73 Å². The molecule has 0 spiro atoms. The summed E-state index contributed by atoms with van der Waals surface area (Å²) in [7, 11) is 0. The Labute approximate surface area is 123 Å². The number of hydrogen-bond donors (Lipinski definition) is 1. The number of aromatic nitrogens is 1. The molecule has 1 atom stereocenters. The summed E-state index contributed by atoms with van der Waals surface area (Å²) in [6.07, 6.45) is 2.81. The van der Waals surface area contributed by atoms with Gasteiger partial charge in [0.1, 0.15) is 10.8 Å². The van der Waals surface area contributed by atoms with Gasteiger partial charge in [0.05, 0.1) is 12.1 Å². The lowest BCUT2D eigenvalue weighted by molar-refractivity contribution is -0.118. The molecule has 0 saturated carbocycles. The van der Waals surface area contributed by atoms with Gasteiger partial charge in [0, 0.05) is 23.4 Å². The number of carbonyl (C=O) groups excluding carboxylic acids is 1. The van der Waals surface area contributed by atoms with E-state index in [0.717, 1.165) is 29.1 Å². The van der Waals surface area contributed by atoms with Gasteiger partial charge in [0.15, 0.2) is 0 Å². The van der Waals surface area contributed by atoms with Crippen molar-refractivity contribution in [3.8, 4) is 11.3 Å². The molecule has 4 heteroatoms. The first-order valence-electron chi connectivity index (χ1n) is 6.92. The molecule has 1 aromatic carbocycles. The van der Waals surface area contributed by atoms with E-state index in [0.29, 0.717) is 12.8 Å². The number of rotatable bonds is 7. The SMILES string of the molecule is CC(N)CCCC(=O)Cc1nc(-c2ccccc2)cs1. The molecule has 3 nitrogen and oxygen atoms in total. The second-order valence-electron chi connectivity index (χ2n) is 5.08. The lowest BCUT2D eigenvalue weighted by Gasteiger charge is -2.03. The van der Waals surface area contributed by atoms with Gasteiger partial charge in [0.2, 0.25) is 0 Å². The number of nitrogens with zero attached hydrogens (tertiary/aromatic N) is 1. The predicted octanol–water partition coefficient (Wildman–Crippen LogP) is 3.44. The maximum atomic E-state index is 11.9. The maximum absolute atomic E-state index is 11.9. The van der Waals surface area contributed by atoms with E-state index in [1.807, 2.05) is 42.6 Å². The largest absolute Gasteiger partial charge is 0.328 e. The summed E-state index contributed by atoms with van der Waals surface area (Å²) in [5.41, 5.74) is 7.73. The maximum Gasteiger partial charge on any atom is 0.139 e. The number of Topliss-reactive ketones (excluding diaryl/α,β-unsaturated/α-hetero) is 1. The predicted molar refractivity (Wildman–Crippen MR) is 83.8 cm³/mol. The first-order chi connectivity index (χ1) is 9.65. The van der Waals surface area contributed by atoms with Crippen LogP contribution in [0, 0.1) is 0 Å². The molecule has 20 heavy (non-hydrogen) atoms. The molecule has 0 bridgehead atoms. The highest BCUT2D eigenvalue weighted by atomic mass is 32.1. The second kappa shape index (κ2) is 7.31. The zero-order valence-electron chi connectivity index (χ0n) is 11.7. The third kappa shape index (κ3) is 4.54. The van der Waals surface area contributed by atoms with E-state index in [9.17, 15) is 4.79 Å². The lowest BCUT2D eigenvalue weighted by atomic mass is 10.1. The molecule has 0 aliphatic carbocycles. The van der Waals surface area contributed by atoms with E-state index in [-0.39, 0.29) is 11.8 Å². The number of nitrogens with two attached hydrogens (primary N) is 1. The van der Waals surface area contributed by atoms with Gasteiger partial charge in [-0.3, -0.25) is 4.79 Å². The van der Waals surface area contributed by atoms with Gasteiger partial charge in [-0.25, -0.2) is 4.98 Å². The molecule has 0 radical (unpaired) electrons. The van der Waals surface area contributed by atoms with Crippen LogP contribution in [-0.2, 0) is 11.2 Å². The Morgan fingerprint density at radius 2 is 2.10 bits per heavy atom. The van der Waals surface area contributed by atoms with E-state index in [1.54, 1.807) is 11.3 Å². The lowest BCUT2D eigenvalue weighted by Crippen LogP contribution is -2.15. The van der Waals surface area contributed by atoms with Crippen molar-refractivity contribution in [3.63, 3.8) is 0 Å². The van der Waals surface area contributed by atoms with Crippen LogP contribution in [0.15, 0.2) is 35.7 Å². The summed E-state index contributed by atoms with van der Waals surface area (Å²) >= 11 is 1.56. The molecule has 1 aromatic heterocycles. The van der Waals surface area contributed by atoms with Crippen LogP contribution in [0.25, 0.3) is 11.3 Å². The summed E-state index contributed by atoms with van der Waals surface area (Å²) in [5, 5.41) is 2.91. The fourth-order valence-corrected chi connectivity index (χ4v) is 2.84. The number of carbonyl (C=O) groups is 1. The minimum Gasteiger partial charge on any atom is -0.328 e. The smallest absolute Gasteiger partial charge is 0.139 e. The Morgan fingerprint density at radius 1 is 1.35 bits per heavy atom. The van der Waals surface area contributed by atoms with Crippen molar-refractivity contribution in [2.45, 2.75) is 38.6 Å². The van der Waals surface area contributed by atoms with Gasteiger partial charge in [-0.15, -0.1) is 11.3 Å². The molecule has 1 unspecified atom stereocenters. The molecule has 106 valence electrons. The molecule has 0 amide bonds. The fourth-order valence-electron chi connectivity index (χ4n) is 2.01. The standard InChI is InChI=1S/C16H20N2OS/c1-12(17)6-5-9-14(19)10-16-18-15(11-20-16)13-7-3-2-4-8-13/h2-4,7-8,11-12H,5-6,9-10,17H2,1H3. The second-order valence-corrected chi connectivity index (χ2v) is 6.02. The summed E-state index contributed by atoms with van der Waals surface area (Å²) < 4.78 is 0. The Balaban J connectivity index is 1.88. The molecule has 2 rings (SSSR count). The number of benzene rings is 1. The highest BCUT2D eigenvalue weighted by molar-refractivity contribution is 7.10. The van der Waals surface area contributed by atoms with Gasteiger partial charge >= 0.3 is 0 Å². The highest BCUT2D eigenvalue weighted by Crippen LogP contribution is 2.22. The minimum absolute atomic E-state index is 0.173. The quantitative estimate of drug-likeness (QED) is 0.849. The Morgan fingerprint density at radius 3 is 2.80 bits per heavy atom. The third-order valence-corrected chi connectivity index (χ3v) is 3.93. The van der Waals surface area contributed by atoms with Crippen LogP contribution < -0.4 is 5.73 Å². The molecule has 0 aliphatic heterocycles. The minimum atomic E-state index is 0.173. The van der Waals surface area contributed by atoms with Crippen LogP contribution >= 0.6 is 11.3 Å². The first kappa shape index (κ1) is 14.9. The molecule has 1 heterocycles. The van der Waals surface area contributed by atoms with E-state index in [1.165, 1.54) is 0 Å². The zero-order valence-corrected chi connectivity index (χ0v) is 12.5. The van der Waals surface area contributed by atoms with Crippen LogP contribution in [0.4, 0.5) is 0 Å². The summed E-state index contributed by atoms with van der Waals surface area (Å²) in [6.45, 7) is 1.97. The number of hydrogen-bond acceptors (Lipinski definition) is 4. The first-order valence-corrected chi connectivity index (χ1v) is 7.80. The van der Waals surface area contributed by atoms with E-state index >= 15 is 0 Å². The average molecular weight is 288 g/mol. The van der Waals surface area contributed by atoms with Crippen molar-refractivity contribution < 1.29 is 4.79 Å². The van der Waals surface area contributed by atoms with Crippen molar-refractivity contribution in [1.82, 2.24) is 4.98 Å². The van der Waals surface area contributed by atoms with E-state index in [2.05, 4.69) is 4.98 Å². The third-order valence-electron chi connectivity index (χ3n) is 3.08. The summed E-state index contributed by atoms with van der Waals surface area (Å²) in [4.78, 5) is 16.4. The number of thiazole rings is 1. The zero-order chi connectivity index (χ0) is 14.4. The van der Waals surface area contributed by atoms with Crippen molar-refractivity contribution in [2.75, 3.05) is 0 Å². The topological polar surface area (TPSA) is 56.0 Å². The monoisotopic (exact) mass is 288 g/mol. The normalized spacial score (nSPS) is 12.3. The van der Waals surface area contributed by atoms with E-state index < -0.39 is 0 Å². The van der Waals surface area contributed by atoms with Gasteiger partial charge in [-0.1, -0.05) is 30.3 Å². The highest BCUT2D eigenvalue weighted by Gasteiger charge is 2.09. The van der Waals surface area contributed by atoms with Crippen LogP contribution in [0.5, 0.6) is 0 Å². The van der Waals surface area contributed by atoms with Crippen LogP contribution in [0.2, 0.25) is 0 Å². The molecule has 0 aliphatic rings. The number of ketones is 1. The van der Waals surface area contributed by atoms with Crippen LogP contribution in [0.3, 0.4) is 0 Å². The molecule has 2 aromatic rings. The molecular weight excluding hydrogens is 268 g/mol. The van der Waals surface area contributed by atoms with Crippen molar-refractivity contribution >= 4 is 17.1 Å². The van der Waals surface area contributed by atoms with Crippen LogP contribution in [-0.4, -0.2) is 16.8 Å². The Bertz CT molecular complexity index is 549. The summed E-state index contributed by atoms with van der Waals surface area (Å²) in [5.74, 6) is 0.250. The average Bonchev–Trinajstić information content (AvgIpc) is 2.88. The molecule has 2 N–H and O–H groups in total. The molecular formula is C16H20N2OS. The Hall–Kier alpha value is -1.52.